The van der Waals surface area contributed by atoms with Crippen molar-refractivity contribution in [2.45, 2.75) is 25.4 Å². The molecule has 192 valence electrons. The molecule has 1 saturated heterocycles. The minimum atomic E-state index is -0.498. The fraction of sp³-hybridized carbons (Fsp3) is 0.333. The van der Waals surface area contributed by atoms with Crippen LogP contribution < -0.4 is 0 Å². The Kier molecular flexibility index (Phi) is 7.03. The summed E-state index contributed by atoms with van der Waals surface area (Å²) >= 11 is 1.69. The van der Waals surface area contributed by atoms with Crippen molar-refractivity contribution in [3.63, 3.8) is 0 Å². The molecule has 2 aromatic carbocycles. The highest BCUT2D eigenvalue weighted by Crippen LogP contribution is 2.37. The van der Waals surface area contributed by atoms with Crippen molar-refractivity contribution in [3.8, 4) is 0 Å². The number of carbonyl (C=O) groups is 2. The molecule has 0 radical (unpaired) electrons. The van der Waals surface area contributed by atoms with Gasteiger partial charge in [-0.05, 0) is 60.2 Å². The van der Waals surface area contributed by atoms with Gasteiger partial charge in [0.25, 0.3) is 11.6 Å². The van der Waals surface area contributed by atoms with E-state index in [1.54, 1.807) is 33.3 Å². The van der Waals surface area contributed by atoms with Crippen LogP contribution in [0.15, 0.2) is 60.0 Å². The Morgan fingerprint density at radius 3 is 2.59 bits per heavy atom. The maximum absolute atomic E-state index is 14.1. The third kappa shape index (κ3) is 5.12. The van der Waals surface area contributed by atoms with Gasteiger partial charge in [-0.25, -0.2) is 4.39 Å². The summed E-state index contributed by atoms with van der Waals surface area (Å²) in [7, 11) is 0. The number of nitrogens with zero attached hydrogens (tertiary/aromatic N) is 4. The second-order valence-electron chi connectivity index (χ2n) is 9.47. The molecule has 0 bridgehead atoms. The summed E-state index contributed by atoms with van der Waals surface area (Å²) in [5, 5.41) is 12.9. The van der Waals surface area contributed by atoms with E-state index in [0.717, 1.165) is 17.5 Å². The van der Waals surface area contributed by atoms with Crippen LogP contribution in [-0.2, 0) is 11.2 Å². The molecule has 2 aliphatic rings. The van der Waals surface area contributed by atoms with Crippen LogP contribution in [0.1, 0.15) is 39.3 Å². The number of halogens is 1. The maximum Gasteiger partial charge on any atom is 0.269 e. The van der Waals surface area contributed by atoms with Crippen molar-refractivity contribution in [3.05, 3.63) is 97.5 Å². The number of hydrogen-bond acceptors (Lipinski definition) is 6. The highest BCUT2D eigenvalue weighted by molar-refractivity contribution is 7.10. The normalized spacial score (nSPS) is 19.9. The van der Waals surface area contributed by atoms with Gasteiger partial charge in [0.05, 0.1) is 17.5 Å². The van der Waals surface area contributed by atoms with E-state index in [4.69, 9.17) is 0 Å². The van der Waals surface area contributed by atoms with Crippen LogP contribution in [0.25, 0.3) is 0 Å². The summed E-state index contributed by atoms with van der Waals surface area (Å²) in [5.74, 6) is -0.523. The molecule has 8 nitrogen and oxygen atoms in total. The Labute approximate surface area is 218 Å². The van der Waals surface area contributed by atoms with Crippen molar-refractivity contribution < 1.29 is 18.9 Å². The fourth-order valence-electron chi connectivity index (χ4n) is 5.26. The molecule has 10 heteroatoms. The molecule has 2 atom stereocenters. The van der Waals surface area contributed by atoms with Gasteiger partial charge in [-0.15, -0.1) is 11.3 Å². The number of rotatable bonds is 5. The molecule has 3 aromatic rings. The van der Waals surface area contributed by atoms with E-state index in [1.807, 2.05) is 18.4 Å². The summed E-state index contributed by atoms with van der Waals surface area (Å²) in [6.07, 6.45) is 0.847. The average molecular weight is 523 g/mol. The van der Waals surface area contributed by atoms with Gasteiger partial charge in [-0.3, -0.25) is 24.6 Å². The minimum Gasteiger partial charge on any atom is -0.338 e. The molecule has 0 N–H and O–H groups in total. The number of non-ortho nitro benzene ring substituents is 1. The summed E-state index contributed by atoms with van der Waals surface area (Å²) in [6.45, 7) is 4.00. The van der Waals surface area contributed by atoms with Gasteiger partial charge in [0, 0.05) is 54.8 Å². The van der Waals surface area contributed by atoms with Crippen molar-refractivity contribution in [2.24, 2.45) is 0 Å². The number of thiophene rings is 1. The second kappa shape index (κ2) is 10.4. The lowest BCUT2D eigenvalue weighted by Crippen LogP contribution is -2.57. The van der Waals surface area contributed by atoms with Gasteiger partial charge < -0.3 is 9.80 Å². The molecular weight excluding hydrogens is 495 g/mol. The predicted molar refractivity (Wildman–Crippen MR) is 138 cm³/mol. The third-order valence-electron chi connectivity index (χ3n) is 7.13. The first-order valence-electron chi connectivity index (χ1n) is 12.2. The third-order valence-corrected chi connectivity index (χ3v) is 8.13. The molecule has 2 amide bonds. The number of carbonyl (C=O) groups excluding carboxylic acids is 2. The highest BCUT2D eigenvalue weighted by Gasteiger charge is 2.35. The fourth-order valence-corrected chi connectivity index (χ4v) is 6.16. The van der Waals surface area contributed by atoms with Gasteiger partial charge in [-0.2, -0.15) is 0 Å². The largest absolute Gasteiger partial charge is 0.338 e. The van der Waals surface area contributed by atoms with E-state index in [1.165, 1.54) is 35.2 Å². The maximum atomic E-state index is 14.1. The summed E-state index contributed by atoms with van der Waals surface area (Å²) in [5.41, 5.74) is 2.28. The van der Waals surface area contributed by atoms with E-state index in [2.05, 4.69) is 11.0 Å². The van der Waals surface area contributed by atoms with Crippen LogP contribution in [-0.4, -0.2) is 70.2 Å². The number of fused-ring (bicyclic) bond motifs is 1. The molecule has 0 aliphatic carbocycles. The zero-order valence-corrected chi connectivity index (χ0v) is 21.2. The smallest absolute Gasteiger partial charge is 0.269 e. The van der Waals surface area contributed by atoms with Crippen LogP contribution in [0, 0.1) is 15.9 Å². The number of nitro groups is 1. The van der Waals surface area contributed by atoms with Crippen LogP contribution >= 0.6 is 11.3 Å². The zero-order chi connectivity index (χ0) is 26.1. The Hall–Kier alpha value is -3.63. The lowest BCUT2D eigenvalue weighted by Gasteiger charge is -2.42. The number of amides is 2. The van der Waals surface area contributed by atoms with Crippen molar-refractivity contribution in [1.29, 1.82) is 0 Å². The van der Waals surface area contributed by atoms with E-state index < -0.39 is 4.92 Å². The number of nitro benzene ring substituents is 1. The number of hydrogen-bond donors (Lipinski definition) is 0. The van der Waals surface area contributed by atoms with Gasteiger partial charge in [-0.1, -0.05) is 12.1 Å². The SMILES string of the molecule is C[C@H]1CN(C(=O)CN2CCc3sccc3[C@H]2c2cccc(F)c2)CCN1C(=O)c1ccc([N+](=O)[O-])cc1. The molecule has 2 aliphatic heterocycles. The number of piperazine rings is 1. The quantitative estimate of drug-likeness (QED) is 0.372. The van der Waals surface area contributed by atoms with Crippen LogP contribution in [0.3, 0.4) is 0 Å². The lowest BCUT2D eigenvalue weighted by atomic mass is 9.93. The van der Waals surface area contributed by atoms with Crippen molar-refractivity contribution in [2.75, 3.05) is 32.7 Å². The Balaban J connectivity index is 1.26. The van der Waals surface area contributed by atoms with E-state index in [0.29, 0.717) is 31.7 Å². The van der Waals surface area contributed by atoms with E-state index >= 15 is 0 Å². The van der Waals surface area contributed by atoms with Gasteiger partial charge in [0.1, 0.15) is 5.82 Å². The van der Waals surface area contributed by atoms with Crippen LogP contribution in [0.2, 0.25) is 0 Å². The number of benzene rings is 2. The van der Waals surface area contributed by atoms with Crippen LogP contribution in [0.4, 0.5) is 10.1 Å². The molecule has 1 aromatic heterocycles. The molecular formula is C27H27FN4O4S. The minimum absolute atomic E-state index is 0.0191. The predicted octanol–water partition coefficient (Wildman–Crippen LogP) is 4.12. The second-order valence-corrected chi connectivity index (χ2v) is 10.5. The molecule has 0 spiro atoms. The highest BCUT2D eigenvalue weighted by atomic mass is 32.1. The molecule has 37 heavy (non-hydrogen) atoms. The first kappa shape index (κ1) is 25.0. The first-order valence-corrected chi connectivity index (χ1v) is 13.1. The molecule has 5 rings (SSSR count). The Morgan fingerprint density at radius 1 is 1.11 bits per heavy atom. The molecule has 3 heterocycles. The summed E-state index contributed by atoms with van der Waals surface area (Å²) < 4.78 is 14.1. The lowest BCUT2D eigenvalue weighted by molar-refractivity contribution is -0.384. The van der Waals surface area contributed by atoms with Crippen molar-refractivity contribution >= 4 is 28.8 Å². The first-order chi connectivity index (χ1) is 17.8. The Bertz CT molecular complexity index is 1330. The van der Waals surface area contributed by atoms with E-state index in [-0.39, 0.29) is 41.9 Å². The Morgan fingerprint density at radius 2 is 1.89 bits per heavy atom. The topological polar surface area (TPSA) is 87.0 Å². The zero-order valence-electron chi connectivity index (χ0n) is 20.4. The molecule has 0 unspecified atom stereocenters. The van der Waals surface area contributed by atoms with Gasteiger partial charge >= 0.3 is 0 Å². The summed E-state index contributed by atoms with van der Waals surface area (Å²) in [4.78, 5) is 43.7. The molecule has 1 fully saturated rings. The molecule has 0 saturated carbocycles. The standard InChI is InChI=1S/C27H27FN4O4S/c1-18-16-29(12-13-31(18)27(34)19-5-7-22(8-6-19)32(35)36)25(33)17-30-11-9-24-23(10-14-37-24)26(30)20-3-2-4-21(28)15-20/h2-8,10,14-15,18,26H,9,11-13,16-17H2,1H3/t18-,26+/m0/s1. The monoisotopic (exact) mass is 522 g/mol. The van der Waals surface area contributed by atoms with Crippen LogP contribution in [0.5, 0.6) is 0 Å². The van der Waals surface area contributed by atoms with E-state index in [9.17, 15) is 24.1 Å². The summed E-state index contributed by atoms with van der Waals surface area (Å²) in [6, 6.07) is 13.8. The van der Waals surface area contributed by atoms with Gasteiger partial charge in [0.15, 0.2) is 0 Å². The van der Waals surface area contributed by atoms with Gasteiger partial charge in [0.2, 0.25) is 5.91 Å². The average Bonchev–Trinajstić information content (AvgIpc) is 3.37. The van der Waals surface area contributed by atoms with Crippen molar-refractivity contribution in [1.82, 2.24) is 14.7 Å².